The van der Waals surface area contributed by atoms with Crippen LogP contribution in [0.4, 0.5) is 0 Å². The van der Waals surface area contributed by atoms with E-state index >= 15 is 0 Å². The fraction of sp³-hybridized carbons (Fsp3) is 0.125. The molecule has 0 spiro atoms. The molecule has 0 aliphatic carbocycles. The monoisotopic (exact) mass is 542 g/mol. The summed E-state index contributed by atoms with van der Waals surface area (Å²) in [5, 5.41) is 12.3. The lowest BCUT2D eigenvalue weighted by Crippen LogP contribution is -2.02. The van der Waals surface area contributed by atoms with Gasteiger partial charge in [-0.2, -0.15) is 14.9 Å². The van der Waals surface area contributed by atoms with Gasteiger partial charge in [0.2, 0.25) is 4.77 Å². The summed E-state index contributed by atoms with van der Waals surface area (Å²) in [4.78, 5) is 0. The smallest absolute Gasteiger partial charge is 0.216 e. The van der Waals surface area contributed by atoms with Crippen LogP contribution >= 0.6 is 39.7 Å². The van der Waals surface area contributed by atoms with Crippen molar-refractivity contribution in [1.29, 1.82) is 0 Å². The molecule has 0 aliphatic heterocycles. The first-order valence-electron chi connectivity index (χ1n) is 10.2. The molecule has 0 atom stereocenters. The molecule has 0 unspecified atom stereocenters. The van der Waals surface area contributed by atoms with E-state index in [1.807, 2.05) is 73.7 Å². The van der Waals surface area contributed by atoms with Crippen LogP contribution in [0.25, 0.3) is 11.4 Å². The second-order valence-electron chi connectivity index (χ2n) is 6.92. The normalized spacial score (nSPS) is 11.1. The van der Waals surface area contributed by atoms with Crippen molar-refractivity contribution in [3.8, 4) is 22.9 Å². The van der Waals surface area contributed by atoms with Gasteiger partial charge in [0, 0.05) is 16.1 Å². The fourth-order valence-electron chi connectivity index (χ4n) is 3.13. The van der Waals surface area contributed by atoms with Gasteiger partial charge in [-0.3, -0.25) is 0 Å². The number of aromatic nitrogens is 3. The largest absolute Gasteiger partial charge is 0.490 e. The average Bonchev–Trinajstić information content (AvgIpc) is 3.19. The van der Waals surface area contributed by atoms with Crippen molar-refractivity contribution in [3.63, 3.8) is 0 Å². The number of rotatable bonds is 8. The lowest BCUT2D eigenvalue weighted by Gasteiger charge is -2.15. The lowest BCUT2D eigenvalue weighted by molar-refractivity contribution is 0.267. The van der Waals surface area contributed by atoms with Crippen molar-refractivity contribution in [2.24, 2.45) is 5.10 Å². The maximum Gasteiger partial charge on any atom is 0.216 e. The van der Waals surface area contributed by atoms with Crippen LogP contribution in [0.5, 0.6) is 11.5 Å². The van der Waals surface area contributed by atoms with E-state index in [0.29, 0.717) is 40.3 Å². The zero-order valence-electron chi connectivity index (χ0n) is 17.7. The van der Waals surface area contributed by atoms with Crippen LogP contribution in [0.3, 0.4) is 0 Å². The van der Waals surface area contributed by atoms with E-state index in [1.54, 1.807) is 10.9 Å². The molecule has 0 bridgehead atoms. The third-order valence-electron chi connectivity index (χ3n) is 4.67. The summed E-state index contributed by atoms with van der Waals surface area (Å²) in [6.45, 7) is 2.72. The molecule has 33 heavy (non-hydrogen) atoms. The van der Waals surface area contributed by atoms with Crippen LogP contribution in [-0.4, -0.2) is 27.7 Å². The van der Waals surface area contributed by atoms with Gasteiger partial charge >= 0.3 is 0 Å². The molecule has 1 aromatic heterocycles. The number of hydrogen-bond acceptors (Lipinski definition) is 5. The average molecular weight is 544 g/mol. The van der Waals surface area contributed by atoms with Gasteiger partial charge in [-0.15, -0.1) is 0 Å². The molecule has 0 aliphatic rings. The summed E-state index contributed by atoms with van der Waals surface area (Å²) in [5.74, 6) is 1.82. The van der Waals surface area contributed by atoms with Crippen molar-refractivity contribution >= 4 is 46.0 Å². The van der Waals surface area contributed by atoms with Crippen LogP contribution in [-0.2, 0) is 6.61 Å². The Kier molecular flexibility index (Phi) is 7.59. The van der Waals surface area contributed by atoms with E-state index in [1.165, 1.54) is 0 Å². The van der Waals surface area contributed by atoms with Crippen LogP contribution < -0.4 is 9.47 Å². The molecule has 4 rings (SSSR count). The van der Waals surface area contributed by atoms with E-state index in [2.05, 4.69) is 31.2 Å². The summed E-state index contributed by atoms with van der Waals surface area (Å²) < 4.78 is 14.6. The Morgan fingerprint density at radius 2 is 1.88 bits per heavy atom. The molecule has 3 aromatic carbocycles. The molecule has 0 saturated carbocycles. The zero-order chi connectivity index (χ0) is 23.2. The van der Waals surface area contributed by atoms with Crippen molar-refractivity contribution in [2.75, 3.05) is 6.61 Å². The SMILES string of the molecule is CCOc1cc(/C=N\n2c(-c3ccccc3)n[nH]c2=S)cc(Br)c1OCc1ccccc1Cl. The van der Waals surface area contributed by atoms with Gasteiger partial charge in [0.15, 0.2) is 17.3 Å². The number of ether oxygens (including phenoxy) is 2. The highest BCUT2D eigenvalue weighted by Gasteiger charge is 2.13. The van der Waals surface area contributed by atoms with Gasteiger partial charge < -0.3 is 9.47 Å². The van der Waals surface area contributed by atoms with Crippen molar-refractivity contribution in [2.45, 2.75) is 13.5 Å². The minimum atomic E-state index is 0.316. The molecule has 1 N–H and O–H groups in total. The topological polar surface area (TPSA) is 64.4 Å². The number of halogens is 2. The molecule has 1 heterocycles. The van der Waals surface area contributed by atoms with Gasteiger partial charge in [0.05, 0.1) is 17.3 Å². The third kappa shape index (κ3) is 5.52. The van der Waals surface area contributed by atoms with Crippen LogP contribution in [0, 0.1) is 4.77 Å². The number of nitrogens with zero attached hydrogens (tertiary/aromatic N) is 3. The highest BCUT2D eigenvalue weighted by molar-refractivity contribution is 9.10. The molecule has 168 valence electrons. The number of nitrogens with one attached hydrogen (secondary N) is 1. The second kappa shape index (κ2) is 10.8. The number of H-pyrrole nitrogens is 1. The molecule has 9 heteroatoms. The first-order chi connectivity index (χ1) is 16.1. The number of aromatic amines is 1. The minimum Gasteiger partial charge on any atom is -0.490 e. The van der Waals surface area contributed by atoms with Gasteiger partial charge in [-0.25, -0.2) is 5.10 Å². The van der Waals surface area contributed by atoms with E-state index in [9.17, 15) is 0 Å². The Bertz CT molecular complexity index is 1340. The van der Waals surface area contributed by atoms with E-state index in [-0.39, 0.29) is 0 Å². The summed E-state index contributed by atoms with van der Waals surface area (Å²) in [7, 11) is 0. The van der Waals surface area contributed by atoms with E-state index in [0.717, 1.165) is 21.2 Å². The van der Waals surface area contributed by atoms with Gasteiger partial charge in [-0.05, 0) is 58.8 Å². The Hall–Kier alpha value is -2.94. The Morgan fingerprint density at radius 1 is 1.12 bits per heavy atom. The Balaban J connectivity index is 1.62. The highest BCUT2D eigenvalue weighted by Crippen LogP contribution is 2.37. The summed E-state index contributed by atoms with van der Waals surface area (Å²) in [6, 6.07) is 21.1. The zero-order valence-corrected chi connectivity index (χ0v) is 20.8. The van der Waals surface area contributed by atoms with E-state index < -0.39 is 0 Å². The lowest BCUT2D eigenvalue weighted by atomic mass is 10.2. The first kappa shape index (κ1) is 23.2. The first-order valence-corrected chi connectivity index (χ1v) is 11.7. The van der Waals surface area contributed by atoms with Crippen molar-refractivity contribution < 1.29 is 9.47 Å². The van der Waals surface area contributed by atoms with Crippen molar-refractivity contribution in [1.82, 2.24) is 14.9 Å². The number of benzene rings is 3. The fourth-order valence-corrected chi connectivity index (χ4v) is 4.07. The van der Waals surface area contributed by atoms with Crippen LogP contribution in [0.2, 0.25) is 5.02 Å². The standard InChI is InChI=1S/C24H20BrClN4O2S/c1-2-31-21-13-16(12-19(25)22(21)32-15-18-10-6-7-11-20(18)26)14-27-30-23(28-29-24(30)33)17-8-4-3-5-9-17/h3-14H,2,15H2,1H3,(H,29,33)/b27-14-. The predicted octanol–water partition coefficient (Wildman–Crippen LogP) is 6.88. The molecular formula is C24H20BrClN4O2S. The Labute approximate surface area is 210 Å². The second-order valence-corrected chi connectivity index (χ2v) is 8.57. The molecular weight excluding hydrogens is 524 g/mol. The summed E-state index contributed by atoms with van der Waals surface area (Å²) in [5.41, 5.74) is 2.60. The maximum atomic E-state index is 6.26. The Morgan fingerprint density at radius 3 is 2.64 bits per heavy atom. The van der Waals surface area contributed by atoms with Gasteiger partial charge in [-0.1, -0.05) is 60.1 Å². The van der Waals surface area contributed by atoms with Crippen LogP contribution in [0.15, 0.2) is 76.3 Å². The minimum absolute atomic E-state index is 0.316. The summed E-state index contributed by atoms with van der Waals surface area (Å²) >= 11 is 15.2. The van der Waals surface area contributed by atoms with Gasteiger partial charge in [0.1, 0.15) is 6.61 Å². The molecule has 0 radical (unpaired) electrons. The summed E-state index contributed by atoms with van der Waals surface area (Å²) in [6.07, 6.45) is 1.70. The molecule has 6 nitrogen and oxygen atoms in total. The predicted molar refractivity (Wildman–Crippen MR) is 137 cm³/mol. The quantitative estimate of drug-likeness (QED) is 0.194. The number of hydrogen-bond donors (Lipinski definition) is 1. The van der Waals surface area contributed by atoms with Gasteiger partial charge in [0.25, 0.3) is 0 Å². The van der Waals surface area contributed by atoms with Crippen molar-refractivity contribution in [3.05, 3.63) is 92.1 Å². The highest BCUT2D eigenvalue weighted by atomic mass is 79.9. The van der Waals surface area contributed by atoms with Crippen LogP contribution in [0.1, 0.15) is 18.1 Å². The molecule has 0 fully saturated rings. The molecule has 0 amide bonds. The molecule has 0 saturated heterocycles. The third-order valence-corrected chi connectivity index (χ3v) is 5.89. The molecule has 4 aromatic rings. The maximum absolute atomic E-state index is 6.26. The van der Waals surface area contributed by atoms with E-state index in [4.69, 9.17) is 33.3 Å².